The second kappa shape index (κ2) is 5.48. The second-order valence-corrected chi connectivity index (χ2v) is 6.95. The zero-order valence-corrected chi connectivity index (χ0v) is 13.7. The van der Waals surface area contributed by atoms with E-state index in [1.165, 1.54) is 6.07 Å². The molecule has 0 aliphatic carbocycles. The third-order valence-corrected chi connectivity index (χ3v) is 4.39. The van der Waals surface area contributed by atoms with E-state index in [0.29, 0.717) is 0 Å². The van der Waals surface area contributed by atoms with Crippen molar-refractivity contribution in [2.75, 3.05) is 0 Å². The predicted molar refractivity (Wildman–Crippen MR) is 86.2 cm³/mol. The number of carbonyl (C=O) groups is 1. The third-order valence-electron chi connectivity index (χ3n) is 4.39. The van der Waals surface area contributed by atoms with Crippen LogP contribution in [0.2, 0.25) is 0 Å². The first-order valence-electron chi connectivity index (χ1n) is 7.74. The number of hydrazine groups is 1. The zero-order valence-electron chi connectivity index (χ0n) is 13.7. The van der Waals surface area contributed by atoms with Crippen molar-refractivity contribution in [2.45, 2.75) is 44.9 Å². The molecule has 3 nitrogen and oxygen atoms in total. The maximum absolute atomic E-state index is 13.8. The van der Waals surface area contributed by atoms with Crippen molar-refractivity contribution in [3.63, 3.8) is 0 Å². The quantitative estimate of drug-likeness (QED) is 0.888. The Kier molecular flexibility index (Phi) is 3.83. The fraction of sp³-hybridized carbons (Fsp3) is 0.389. The van der Waals surface area contributed by atoms with Crippen molar-refractivity contribution < 1.29 is 18.0 Å². The molecule has 1 fully saturated rings. The lowest BCUT2D eigenvalue weighted by atomic mass is 9.95. The van der Waals surface area contributed by atoms with Gasteiger partial charge in [-0.1, -0.05) is 35.9 Å². The standard InChI is InChI=1S/C18H19F3N2O/c1-11-4-5-13-9-14(7-6-12(13)8-11)16(18(19,20)21)23-17(2,3)10-15(24)22-23/h4-9,16H,10H2,1-3H3,(H,22,24). The first-order chi connectivity index (χ1) is 11.1. The maximum atomic E-state index is 13.8. The van der Waals surface area contributed by atoms with Gasteiger partial charge in [-0.3, -0.25) is 10.2 Å². The van der Waals surface area contributed by atoms with Gasteiger partial charge in [0.15, 0.2) is 6.04 Å². The average Bonchev–Trinajstić information content (AvgIpc) is 2.70. The van der Waals surface area contributed by atoms with E-state index in [1.807, 2.05) is 25.1 Å². The molecule has 1 N–H and O–H groups in total. The summed E-state index contributed by atoms with van der Waals surface area (Å²) in [5.41, 5.74) is 2.63. The van der Waals surface area contributed by atoms with Crippen LogP contribution in [0.4, 0.5) is 13.2 Å². The smallest absolute Gasteiger partial charge is 0.287 e. The van der Waals surface area contributed by atoms with Gasteiger partial charge in [0, 0.05) is 12.0 Å². The van der Waals surface area contributed by atoms with Gasteiger partial charge in [0.1, 0.15) is 0 Å². The normalized spacial score (nSPS) is 19.5. The van der Waals surface area contributed by atoms with Gasteiger partial charge in [-0.2, -0.15) is 18.2 Å². The van der Waals surface area contributed by atoms with Gasteiger partial charge in [-0.05, 0) is 43.2 Å². The number of fused-ring (bicyclic) bond motifs is 1. The number of nitrogens with zero attached hydrogens (tertiary/aromatic N) is 1. The molecule has 0 bridgehead atoms. The van der Waals surface area contributed by atoms with Crippen molar-refractivity contribution in [2.24, 2.45) is 0 Å². The molecule has 1 aliphatic heterocycles. The van der Waals surface area contributed by atoms with Crippen molar-refractivity contribution in [1.29, 1.82) is 0 Å². The van der Waals surface area contributed by atoms with Crippen LogP contribution in [0.5, 0.6) is 0 Å². The molecule has 128 valence electrons. The van der Waals surface area contributed by atoms with Gasteiger partial charge in [0.2, 0.25) is 5.91 Å². The molecular weight excluding hydrogens is 317 g/mol. The highest BCUT2D eigenvalue weighted by atomic mass is 19.4. The van der Waals surface area contributed by atoms with Crippen molar-refractivity contribution in [3.05, 3.63) is 47.5 Å². The van der Waals surface area contributed by atoms with Crippen molar-refractivity contribution in [1.82, 2.24) is 10.4 Å². The van der Waals surface area contributed by atoms with Crippen LogP contribution >= 0.6 is 0 Å². The second-order valence-electron chi connectivity index (χ2n) is 6.95. The predicted octanol–water partition coefficient (Wildman–Crippen LogP) is 4.27. The highest BCUT2D eigenvalue weighted by Gasteiger charge is 2.52. The molecule has 1 saturated heterocycles. The molecule has 3 rings (SSSR count). The minimum atomic E-state index is -4.51. The van der Waals surface area contributed by atoms with E-state index in [1.54, 1.807) is 26.0 Å². The number of alkyl halides is 3. The Morgan fingerprint density at radius 3 is 2.33 bits per heavy atom. The van der Waals surface area contributed by atoms with Gasteiger partial charge < -0.3 is 0 Å². The number of halogens is 3. The maximum Gasteiger partial charge on any atom is 0.409 e. The highest BCUT2D eigenvalue weighted by molar-refractivity contribution is 5.84. The molecule has 24 heavy (non-hydrogen) atoms. The number of hydrogen-bond acceptors (Lipinski definition) is 2. The van der Waals surface area contributed by atoms with E-state index in [-0.39, 0.29) is 12.0 Å². The number of aryl methyl sites for hydroxylation is 1. The largest absolute Gasteiger partial charge is 0.409 e. The number of benzene rings is 2. The van der Waals surface area contributed by atoms with Gasteiger partial charge in [-0.25, -0.2) is 0 Å². The molecule has 1 unspecified atom stereocenters. The molecule has 0 saturated carbocycles. The third kappa shape index (κ3) is 2.98. The summed E-state index contributed by atoms with van der Waals surface area (Å²) in [7, 11) is 0. The molecule has 0 radical (unpaired) electrons. The number of carbonyl (C=O) groups excluding carboxylic acids is 1. The van der Waals surface area contributed by atoms with Gasteiger partial charge >= 0.3 is 6.18 Å². The summed E-state index contributed by atoms with van der Waals surface area (Å²) in [4.78, 5) is 11.7. The van der Waals surface area contributed by atoms with E-state index in [4.69, 9.17) is 0 Å². The number of hydrogen-bond donors (Lipinski definition) is 1. The molecule has 1 amide bonds. The molecule has 0 spiro atoms. The fourth-order valence-electron chi connectivity index (χ4n) is 3.26. The Hall–Kier alpha value is -2.08. The molecule has 1 atom stereocenters. The molecule has 2 aromatic carbocycles. The zero-order chi connectivity index (χ0) is 17.7. The minimum Gasteiger partial charge on any atom is -0.287 e. The van der Waals surface area contributed by atoms with Crippen molar-refractivity contribution >= 4 is 16.7 Å². The lowest BCUT2D eigenvalue weighted by molar-refractivity contribution is -0.203. The minimum absolute atomic E-state index is 0.0341. The Labute approximate surface area is 138 Å². The van der Waals surface area contributed by atoms with Crippen LogP contribution < -0.4 is 5.43 Å². The van der Waals surface area contributed by atoms with E-state index in [2.05, 4.69) is 5.43 Å². The molecule has 2 aromatic rings. The van der Waals surface area contributed by atoms with Gasteiger partial charge in [0.25, 0.3) is 0 Å². The van der Waals surface area contributed by atoms with Gasteiger partial charge in [-0.15, -0.1) is 0 Å². The van der Waals surface area contributed by atoms with E-state index in [9.17, 15) is 18.0 Å². The van der Waals surface area contributed by atoms with Gasteiger partial charge in [0.05, 0.1) is 0 Å². The van der Waals surface area contributed by atoms with Crippen molar-refractivity contribution in [3.8, 4) is 0 Å². The van der Waals surface area contributed by atoms with E-state index >= 15 is 0 Å². The molecular formula is C18H19F3N2O. The summed E-state index contributed by atoms with van der Waals surface area (Å²) in [6, 6.07) is 8.47. The van der Waals surface area contributed by atoms with Crippen LogP contribution in [0.1, 0.15) is 37.4 Å². The Bertz CT molecular complexity index is 798. The molecule has 1 aliphatic rings. The topological polar surface area (TPSA) is 32.3 Å². The van der Waals surface area contributed by atoms with Crippen LogP contribution in [-0.4, -0.2) is 22.6 Å². The molecule has 6 heteroatoms. The first-order valence-corrected chi connectivity index (χ1v) is 7.74. The number of amides is 1. The fourth-order valence-corrected chi connectivity index (χ4v) is 3.26. The van der Waals surface area contributed by atoms with Crippen LogP contribution in [0.3, 0.4) is 0 Å². The summed E-state index contributed by atoms with van der Waals surface area (Å²) in [5, 5.41) is 2.67. The first kappa shape index (κ1) is 16.8. The number of rotatable bonds is 2. The SMILES string of the molecule is Cc1ccc2cc(C(N3NC(=O)CC3(C)C)C(F)(F)F)ccc2c1. The summed E-state index contributed by atoms with van der Waals surface area (Å²) in [6.07, 6.45) is -4.47. The average molecular weight is 336 g/mol. The highest BCUT2D eigenvalue weighted by Crippen LogP contribution is 2.43. The monoisotopic (exact) mass is 336 g/mol. The summed E-state index contributed by atoms with van der Waals surface area (Å²) in [6.45, 7) is 5.20. The number of nitrogens with one attached hydrogen (secondary N) is 1. The Morgan fingerprint density at radius 2 is 1.75 bits per heavy atom. The van der Waals surface area contributed by atoms with Crippen LogP contribution in [0.15, 0.2) is 36.4 Å². The van der Waals surface area contributed by atoms with E-state index in [0.717, 1.165) is 21.3 Å². The van der Waals surface area contributed by atoms with Crippen LogP contribution in [0.25, 0.3) is 10.8 Å². The lowest BCUT2D eigenvalue weighted by Crippen LogP contribution is -2.51. The van der Waals surface area contributed by atoms with Crippen LogP contribution in [0, 0.1) is 6.92 Å². The Morgan fingerprint density at radius 1 is 1.12 bits per heavy atom. The summed E-state index contributed by atoms with van der Waals surface area (Å²) >= 11 is 0. The lowest BCUT2D eigenvalue weighted by Gasteiger charge is -2.38. The van der Waals surface area contributed by atoms with E-state index < -0.39 is 23.7 Å². The summed E-state index contributed by atoms with van der Waals surface area (Å²) < 4.78 is 41.4. The Balaban J connectivity index is 2.10. The summed E-state index contributed by atoms with van der Waals surface area (Å²) in [5.74, 6) is -0.398. The molecule has 0 aromatic heterocycles. The van der Waals surface area contributed by atoms with Crippen LogP contribution in [-0.2, 0) is 4.79 Å². The molecule has 1 heterocycles.